The minimum atomic E-state index is 0.782. The molecule has 0 saturated carbocycles. The Bertz CT molecular complexity index is 505. The van der Waals surface area contributed by atoms with Gasteiger partial charge in [-0.3, -0.25) is 0 Å². The number of hydrogen-bond donors (Lipinski definition) is 1. The Morgan fingerprint density at radius 3 is 2.74 bits per heavy atom. The lowest BCUT2D eigenvalue weighted by Gasteiger charge is -2.05. The molecule has 0 saturated heterocycles. The predicted molar refractivity (Wildman–Crippen MR) is 76.5 cm³/mol. The monoisotopic (exact) mass is 259 g/mol. The second-order valence-corrected chi connectivity index (χ2v) is 4.50. The molecule has 1 heterocycles. The number of rotatable bonds is 7. The van der Waals surface area contributed by atoms with Crippen LogP contribution >= 0.6 is 0 Å². The number of benzene rings is 1. The smallest absolute Gasteiger partial charge is 0.119 e. The van der Waals surface area contributed by atoms with E-state index in [-0.39, 0.29) is 0 Å². The van der Waals surface area contributed by atoms with Gasteiger partial charge in [0.15, 0.2) is 0 Å². The molecule has 1 N–H and O–H groups in total. The molecule has 0 atom stereocenters. The van der Waals surface area contributed by atoms with E-state index in [4.69, 9.17) is 9.15 Å². The van der Waals surface area contributed by atoms with Gasteiger partial charge in [-0.05, 0) is 42.8 Å². The molecule has 3 nitrogen and oxygen atoms in total. The molecule has 3 heteroatoms. The number of furan rings is 1. The van der Waals surface area contributed by atoms with Crippen LogP contribution in [0.25, 0.3) is 0 Å². The van der Waals surface area contributed by atoms with Crippen molar-refractivity contribution in [3.8, 4) is 5.75 Å². The van der Waals surface area contributed by atoms with E-state index in [2.05, 4.69) is 24.4 Å². The van der Waals surface area contributed by atoms with E-state index < -0.39 is 0 Å². The maximum absolute atomic E-state index is 5.64. The third-order valence-corrected chi connectivity index (χ3v) is 3.09. The fourth-order valence-corrected chi connectivity index (χ4v) is 1.98. The Kier molecular flexibility index (Phi) is 5.04. The summed E-state index contributed by atoms with van der Waals surface area (Å²) >= 11 is 0. The summed E-state index contributed by atoms with van der Waals surface area (Å²) in [5.41, 5.74) is 1.28. The lowest BCUT2D eigenvalue weighted by atomic mass is 10.1. The van der Waals surface area contributed by atoms with Crippen molar-refractivity contribution in [2.45, 2.75) is 26.3 Å². The normalized spacial score (nSPS) is 10.6. The highest BCUT2D eigenvalue weighted by atomic mass is 16.5. The highest BCUT2D eigenvalue weighted by Crippen LogP contribution is 2.12. The minimum absolute atomic E-state index is 0.782. The van der Waals surface area contributed by atoms with Gasteiger partial charge in [0.2, 0.25) is 0 Å². The van der Waals surface area contributed by atoms with E-state index in [0.717, 1.165) is 43.2 Å². The third kappa shape index (κ3) is 4.14. The zero-order chi connectivity index (χ0) is 13.5. The molecule has 2 aromatic rings. The average Bonchev–Trinajstić information content (AvgIpc) is 2.92. The van der Waals surface area contributed by atoms with E-state index >= 15 is 0 Å². The van der Waals surface area contributed by atoms with Gasteiger partial charge >= 0.3 is 0 Å². The van der Waals surface area contributed by atoms with Crippen LogP contribution in [-0.4, -0.2) is 13.7 Å². The first-order chi connectivity index (χ1) is 9.31. The summed E-state index contributed by atoms with van der Waals surface area (Å²) < 4.78 is 10.8. The highest BCUT2D eigenvalue weighted by molar-refractivity contribution is 5.28. The summed E-state index contributed by atoms with van der Waals surface area (Å²) in [7, 11) is 1.69. The molecular formula is C16H21NO2. The van der Waals surface area contributed by atoms with Gasteiger partial charge in [0.05, 0.1) is 13.7 Å². The van der Waals surface area contributed by atoms with Crippen LogP contribution in [-0.2, 0) is 19.4 Å². The van der Waals surface area contributed by atoms with Crippen molar-refractivity contribution < 1.29 is 9.15 Å². The van der Waals surface area contributed by atoms with Crippen LogP contribution in [0.5, 0.6) is 5.75 Å². The average molecular weight is 259 g/mol. The molecule has 2 rings (SSSR count). The quantitative estimate of drug-likeness (QED) is 0.775. The largest absolute Gasteiger partial charge is 0.497 e. The van der Waals surface area contributed by atoms with Crippen molar-refractivity contribution in [1.29, 1.82) is 0 Å². The fraction of sp³-hybridized carbons (Fsp3) is 0.375. The van der Waals surface area contributed by atoms with E-state index in [1.807, 2.05) is 24.3 Å². The van der Waals surface area contributed by atoms with E-state index in [1.54, 1.807) is 7.11 Å². The van der Waals surface area contributed by atoms with Gasteiger partial charge in [0, 0.05) is 6.42 Å². The molecule has 0 aliphatic rings. The first-order valence-corrected chi connectivity index (χ1v) is 6.73. The van der Waals surface area contributed by atoms with Gasteiger partial charge < -0.3 is 14.5 Å². The topological polar surface area (TPSA) is 34.4 Å². The van der Waals surface area contributed by atoms with Crippen LogP contribution in [0, 0.1) is 0 Å². The maximum atomic E-state index is 5.64. The van der Waals surface area contributed by atoms with E-state index in [9.17, 15) is 0 Å². The van der Waals surface area contributed by atoms with Crippen LogP contribution in [0.2, 0.25) is 0 Å². The summed E-state index contributed by atoms with van der Waals surface area (Å²) in [5, 5.41) is 3.39. The van der Waals surface area contributed by atoms with Crippen LogP contribution in [0.15, 0.2) is 40.8 Å². The van der Waals surface area contributed by atoms with Crippen molar-refractivity contribution in [2.75, 3.05) is 13.7 Å². The molecule has 0 spiro atoms. The lowest BCUT2D eigenvalue weighted by molar-refractivity contribution is 0.414. The summed E-state index contributed by atoms with van der Waals surface area (Å²) in [4.78, 5) is 0. The Morgan fingerprint density at radius 1 is 1.16 bits per heavy atom. The zero-order valence-electron chi connectivity index (χ0n) is 11.6. The summed E-state index contributed by atoms with van der Waals surface area (Å²) in [6.07, 6.45) is 1.93. The molecule has 0 aliphatic carbocycles. The van der Waals surface area contributed by atoms with Gasteiger partial charge in [0.25, 0.3) is 0 Å². The summed E-state index contributed by atoms with van der Waals surface area (Å²) in [6, 6.07) is 12.3. The maximum Gasteiger partial charge on any atom is 0.119 e. The number of aryl methyl sites for hydroxylation is 1. The Hall–Kier alpha value is -1.74. The van der Waals surface area contributed by atoms with Gasteiger partial charge in [-0.1, -0.05) is 19.1 Å². The SMILES string of the molecule is CCc1ccc(CNCCc2cccc(OC)c2)o1. The molecule has 0 radical (unpaired) electrons. The van der Waals surface area contributed by atoms with Gasteiger partial charge in [-0.15, -0.1) is 0 Å². The van der Waals surface area contributed by atoms with Crippen LogP contribution in [0.4, 0.5) is 0 Å². The Labute approximate surface area is 114 Å². The molecule has 0 aliphatic heterocycles. The second kappa shape index (κ2) is 7.00. The van der Waals surface area contributed by atoms with Crippen LogP contribution in [0.3, 0.4) is 0 Å². The molecule has 0 unspecified atom stereocenters. The van der Waals surface area contributed by atoms with Crippen molar-refractivity contribution >= 4 is 0 Å². The van der Waals surface area contributed by atoms with Crippen molar-refractivity contribution in [3.63, 3.8) is 0 Å². The van der Waals surface area contributed by atoms with Gasteiger partial charge in [0.1, 0.15) is 17.3 Å². The van der Waals surface area contributed by atoms with E-state index in [1.165, 1.54) is 5.56 Å². The molecule has 0 fully saturated rings. The molecule has 102 valence electrons. The Morgan fingerprint density at radius 2 is 2.00 bits per heavy atom. The number of ether oxygens (including phenoxy) is 1. The minimum Gasteiger partial charge on any atom is -0.497 e. The van der Waals surface area contributed by atoms with Gasteiger partial charge in [-0.2, -0.15) is 0 Å². The first-order valence-electron chi connectivity index (χ1n) is 6.73. The van der Waals surface area contributed by atoms with Crippen LogP contribution in [0.1, 0.15) is 24.0 Å². The van der Waals surface area contributed by atoms with Crippen molar-refractivity contribution in [1.82, 2.24) is 5.32 Å². The van der Waals surface area contributed by atoms with Crippen LogP contribution < -0.4 is 10.1 Å². The third-order valence-electron chi connectivity index (χ3n) is 3.09. The van der Waals surface area contributed by atoms with Crippen molar-refractivity contribution in [3.05, 3.63) is 53.5 Å². The molecule has 0 bridgehead atoms. The summed E-state index contributed by atoms with van der Waals surface area (Å²) in [5.74, 6) is 2.96. The molecule has 19 heavy (non-hydrogen) atoms. The lowest BCUT2D eigenvalue weighted by Crippen LogP contribution is -2.16. The van der Waals surface area contributed by atoms with Gasteiger partial charge in [-0.25, -0.2) is 0 Å². The van der Waals surface area contributed by atoms with Crippen molar-refractivity contribution in [2.24, 2.45) is 0 Å². The standard InChI is InChI=1S/C16H21NO2/c1-3-14-7-8-16(19-14)12-17-10-9-13-5-4-6-15(11-13)18-2/h4-8,11,17H,3,9-10,12H2,1-2H3. The molecule has 0 amide bonds. The number of hydrogen-bond acceptors (Lipinski definition) is 3. The molecule has 1 aromatic carbocycles. The summed E-state index contributed by atoms with van der Waals surface area (Å²) in [6.45, 7) is 3.80. The highest BCUT2D eigenvalue weighted by Gasteiger charge is 2.00. The molecule has 1 aromatic heterocycles. The second-order valence-electron chi connectivity index (χ2n) is 4.50. The fourth-order valence-electron chi connectivity index (χ4n) is 1.98. The number of methoxy groups -OCH3 is 1. The molecular weight excluding hydrogens is 238 g/mol. The number of nitrogens with one attached hydrogen (secondary N) is 1. The Balaban J connectivity index is 1.74. The zero-order valence-corrected chi connectivity index (χ0v) is 11.6. The van der Waals surface area contributed by atoms with E-state index in [0.29, 0.717) is 0 Å². The first kappa shape index (κ1) is 13.7. The predicted octanol–water partition coefficient (Wildman–Crippen LogP) is 3.18.